The van der Waals surface area contributed by atoms with Crippen LogP contribution < -0.4 is 19.7 Å². The van der Waals surface area contributed by atoms with Crippen LogP contribution in [-0.2, 0) is 4.79 Å². The van der Waals surface area contributed by atoms with Crippen molar-refractivity contribution in [2.75, 3.05) is 44.1 Å². The average molecular weight is 404 g/mol. The smallest absolute Gasteiger partial charge is 0.325 e. The number of amides is 3. The van der Waals surface area contributed by atoms with Crippen LogP contribution in [0.5, 0.6) is 11.5 Å². The summed E-state index contributed by atoms with van der Waals surface area (Å²) in [5.74, 6) is 0.860. The summed E-state index contributed by atoms with van der Waals surface area (Å²) in [5, 5.41) is 3.39. The molecule has 1 aliphatic rings. The van der Waals surface area contributed by atoms with Gasteiger partial charge in [0.1, 0.15) is 6.54 Å². The lowest BCUT2D eigenvalue weighted by Crippen LogP contribution is -2.37. The van der Waals surface area contributed by atoms with Gasteiger partial charge < -0.3 is 19.7 Å². The second-order valence-corrected chi connectivity index (χ2v) is 6.76. The molecule has 0 aliphatic carbocycles. The average Bonchev–Trinajstić information content (AvgIpc) is 3.05. The SMILES string of the molecule is COc1ccc(N2CCN(CC(=O)Nc3cccc(Cl)c3C)C2=O)cc1OC. The normalized spacial score (nSPS) is 13.6. The molecular weight excluding hydrogens is 382 g/mol. The fourth-order valence-electron chi connectivity index (χ4n) is 3.07. The van der Waals surface area contributed by atoms with Crippen molar-refractivity contribution in [2.24, 2.45) is 0 Å². The Morgan fingerprint density at radius 2 is 1.89 bits per heavy atom. The van der Waals surface area contributed by atoms with E-state index in [1.807, 2.05) is 6.92 Å². The highest BCUT2D eigenvalue weighted by Crippen LogP contribution is 2.32. The molecule has 0 aromatic heterocycles. The summed E-state index contributed by atoms with van der Waals surface area (Å²) in [7, 11) is 3.10. The molecule has 148 valence electrons. The van der Waals surface area contributed by atoms with Crippen LogP contribution in [-0.4, -0.2) is 50.7 Å². The van der Waals surface area contributed by atoms with E-state index in [1.54, 1.807) is 55.5 Å². The van der Waals surface area contributed by atoms with Gasteiger partial charge in [-0.25, -0.2) is 4.79 Å². The Labute approximate surface area is 168 Å². The highest BCUT2D eigenvalue weighted by Gasteiger charge is 2.31. The van der Waals surface area contributed by atoms with Crippen molar-refractivity contribution >= 4 is 34.9 Å². The van der Waals surface area contributed by atoms with Crippen molar-refractivity contribution < 1.29 is 19.1 Å². The fraction of sp³-hybridized carbons (Fsp3) is 0.300. The van der Waals surface area contributed by atoms with Crippen molar-refractivity contribution in [3.63, 3.8) is 0 Å². The number of nitrogens with zero attached hydrogens (tertiary/aromatic N) is 2. The molecule has 8 heteroatoms. The summed E-state index contributed by atoms with van der Waals surface area (Å²) >= 11 is 6.08. The monoisotopic (exact) mass is 403 g/mol. The van der Waals surface area contributed by atoms with Crippen LogP contribution in [0.3, 0.4) is 0 Å². The maximum absolute atomic E-state index is 12.7. The predicted molar refractivity (Wildman–Crippen MR) is 109 cm³/mol. The Bertz CT molecular complexity index is 903. The van der Waals surface area contributed by atoms with E-state index in [2.05, 4.69) is 5.32 Å². The highest BCUT2D eigenvalue weighted by molar-refractivity contribution is 6.31. The van der Waals surface area contributed by atoms with Gasteiger partial charge in [-0.1, -0.05) is 17.7 Å². The van der Waals surface area contributed by atoms with E-state index in [0.717, 1.165) is 5.56 Å². The van der Waals surface area contributed by atoms with Crippen LogP contribution in [0.4, 0.5) is 16.2 Å². The summed E-state index contributed by atoms with van der Waals surface area (Å²) in [6.07, 6.45) is 0. The molecule has 2 aromatic carbocycles. The molecule has 2 aromatic rings. The Morgan fingerprint density at radius 1 is 1.14 bits per heavy atom. The van der Waals surface area contributed by atoms with Gasteiger partial charge in [-0.2, -0.15) is 0 Å². The van der Waals surface area contributed by atoms with Gasteiger partial charge in [-0.3, -0.25) is 9.69 Å². The van der Waals surface area contributed by atoms with Crippen LogP contribution in [0.2, 0.25) is 5.02 Å². The number of hydrogen-bond acceptors (Lipinski definition) is 4. The molecule has 0 saturated carbocycles. The van der Waals surface area contributed by atoms with Crippen molar-refractivity contribution in [1.29, 1.82) is 0 Å². The molecule has 7 nitrogen and oxygen atoms in total. The minimum atomic E-state index is -0.270. The van der Waals surface area contributed by atoms with E-state index in [1.165, 1.54) is 4.90 Å². The zero-order valence-corrected chi connectivity index (χ0v) is 16.7. The first-order valence-electron chi connectivity index (χ1n) is 8.78. The van der Waals surface area contributed by atoms with E-state index in [9.17, 15) is 9.59 Å². The molecule has 0 unspecified atom stereocenters. The highest BCUT2D eigenvalue weighted by atomic mass is 35.5. The third-order valence-corrected chi connectivity index (χ3v) is 5.06. The molecule has 0 spiro atoms. The number of urea groups is 1. The largest absolute Gasteiger partial charge is 0.493 e. The molecule has 1 saturated heterocycles. The van der Waals surface area contributed by atoms with E-state index in [0.29, 0.717) is 41.0 Å². The lowest BCUT2D eigenvalue weighted by Gasteiger charge is -2.20. The first kappa shape index (κ1) is 19.8. The van der Waals surface area contributed by atoms with Crippen LogP contribution >= 0.6 is 11.6 Å². The second kappa shape index (κ2) is 8.39. The Kier molecular flexibility index (Phi) is 5.94. The minimum absolute atomic E-state index is 0.0332. The maximum Gasteiger partial charge on any atom is 0.325 e. The number of anilines is 2. The van der Waals surface area contributed by atoms with Crippen molar-refractivity contribution in [1.82, 2.24) is 4.90 Å². The molecule has 3 rings (SSSR count). The number of carbonyl (C=O) groups is 2. The fourth-order valence-corrected chi connectivity index (χ4v) is 3.24. The lowest BCUT2D eigenvalue weighted by atomic mass is 10.2. The number of benzene rings is 2. The van der Waals surface area contributed by atoms with E-state index < -0.39 is 0 Å². The molecule has 1 aliphatic heterocycles. The standard InChI is InChI=1S/C20H22ClN3O4/c1-13-15(21)5-4-6-16(13)22-19(25)12-23-9-10-24(20(23)26)14-7-8-17(27-2)18(11-14)28-3/h4-8,11H,9-10,12H2,1-3H3,(H,22,25). The molecule has 0 atom stereocenters. The summed E-state index contributed by atoms with van der Waals surface area (Å²) in [6, 6.07) is 10.4. The van der Waals surface area contributed by atoms with Crippen LogP contribution in [0.25, 0.3) is 0 Å². The van der Waals surface area contributed by atoms with Crippen molar-refractivity contribution in [3.05, 3.63) is 47.0 Å². The zero-order valence-electron chi connectivity index (χ0n) is 16.0. The van der Waals surface area contributed by atoms with Crippen LogP contribution in [0.15, 0.2) is 36.4 Å². The molecule has 0 bridgehead atoms. The molecule has 1 heterocycles. The van der Waals surface area contributed by atoms with Crippen molar-refractivity contribution in [3.8, 4) is 11.5 Å². The van der Waals surface area contributed by atoms with Gasteiger partial charge in [-0.15, -0.1) is 0 Å². The summed E-state index contributed by atoms with van der Waals surface area (Å²) in [4.78, 5) is 28.3. The number of halogens is 1. The number of nitrogens with one attached hydrogen (secondary N) is 1. The second-order valence-electron chi connectivity index (χ2n) is 6.36. The zero-order chi connectivity index (χ0) is 20.3. The summed E-state index contributed by atoms with van der Waals surface area (Å²) < 4.78 is 10.5. The van der Waals surface area contributed by atoms with E-state index in [-0.39, 0.29) is 18.5 Å². The first-order chi connectivity index (χ1) is 13.4. The molecule has 1 fully saturated rings. The van der Waals surface area contributed by atoms with Gasteiger partial charge in [0.15, 0.2) is 11.5 Å². The van der Waals surface area contributed by atoms with Gasteiger partial charge >= 0.3 is 6.03 Å². The predicted octanol–water partition coefficient (Wildman–Crippen LogP) is 3.55. The number of ether oxygens (including phenoxy) is 2. The molecule has 28 heavy (non-hydrogen) atoms. The van der Waals surface area contributed by atoms with Gasteiger partial charge in [0, 0.05) is 35.6 Å². The number of carbonyl (C=O) groups excluding carboxylic acids is 2. The van der Waals surface area contributed by atoms with Gasteiger partial charge in [-0.05, 0) is 36.8 Å². The maximum atomic E-state index is 12.7. The summed E-state index contributed by atoms with van der Waals surface area (Å²) in [6.45, 7) is 2.74. The lowest BCUT2D eigenvalue weighted by molar-refractivity contribution is -0.116. The third-order valence-electron chi connectivity index (χ3n) is 4.65. The van der Waals surface area contributed by atoms with Crippen LogP contribution in [0.1, 0.15) is 5.56 Å². The molecular formula is C20H22ClN3O4. The Hall–Kier alpha value is -2.93. The van der Waals surface area contributed by atoms with E-state index in [4.69, 9.17) is 21.1 Å². The van der Waals surface area contributed by atoms with Crippen molar-refractivity contribution in [2.45, 2.75) is 6.92 Å². The van der Waals surface area contributed by atoms with Gasteiger partial charge in [0.25, 0.3) is 0 Å². The first-order valence-corrected chi connectivity index (χ1v) is 9.16. The third kappa shape index (κ3) is 3.99. The van der Waals surface area contributed by atoms with Gasteiger partial charge in [0.05, 0.1) is 14.2 Å². The van der Waals surface area contributed by atoms with Crippen LogP contribution in [0, 0.1) is 6.92 Å². The quantitative estimate of drug-likeness (QED) is 0.800. The van der Waals surface area contributed by atoms with Gasteiger partial charge in [0.2, 0.25) is 5.91 Å². The molecule has 0 radical (unpaired) electrons. The molecule has 3 amide bonds. The topological polar surface area (TPSA) is 71.1 Å². The Balaban J connectivity index is 1.67. The number of methoxy groups -OCH3 is 2. The van der Waals surface area contributed by atoms with E-state index >= 15 is 0 Å². The molecule has 1 N–H and O–H groups in total. The number of rotatable bonds is 6. The summed E-state index contributed by atoms with van der Waals surface area (Å²) in [5.41, 5.74) is 2.12. The number of hydrogen-bond donors (Lipinski definition) is 1. The minimum Gasteiger partial charge on any atom is -0.493 e. The Morgan fingerprint density at radius 3 is 2.61 bits per heavy atom.